The summed E-state index contributed by atoms with van der Waals surface area (Å²) in [7, 11) is 0. The minimum atomic E-state index is 1.16. The summed E-state index contributed by atoms with van der Waals surface area (Å²) in [4.78, 5) is 1.95. The molecular formula is C9H16Br2. The van der Waals surface area contributed by atoms with Gasteiger partial charge in [-0.05, 0) is 24.2 Å². The number of hydrogen-bond donors (Lipinski definition) is 0. The van der Waals surface area contributed by atoms with Crippen LogP contribution >= 0.6 is 31.9 Å². The molecule has 0 aliphatic carbocycles. The highest BCUT2D eigenvalue weighted by molar-refractivity contribution is 9.11. The molecule has 0 saturated carbocycles. The lowest BCUT2D eigenvalue weighted by molar-refractivity contribution is 0.641. The van der Waals surface area contributed by atoms with Crippen LogP contribution in [-0.2, 0) is 0 Å². The first-order chi connectivity index (χ1) is 5.41. The summed E-state index contributed by atoms with van der Waals surface area (Å²) >= 11 is 6.68. The summed E-state index contributed by atoms with van der Waals surface area (Å²) in [6.07, 6.45) is 10.2. The summed E-state index contributed by atoms with van der Waals surface area (Å²) in [5, 5.41) is 1.16. The molecule has 0 aromatic carbocycles. The Hall–Kier alpha value is 0.700. The van der Waals surface area contributed by atoms with Gasteiger partial charge in [0.1, 0.15) is 0 Å². The van der Waals surface area contributed by atoms with E-state index in [0.29, 0.717) is 0 Å². The molecule has 0 heterocycles. The van der Waals surface area contributed by atoms with Crippen molar-refractivity contribution in [3.63, 3.8) is 0 Å². The van der Waals surface area contributed by atoms with Crippen molar-refractivity contribution in [3.8, 4) is 0 Å². The van der Waals surface area contributed by atoms with Gasteiger partial charge in [-0.15, -0.1) is 0 Å². The quantitative estimate of drug-likeness (QED) is 0.472. The standard InChI is InChI=1S/C9H16Br2/c10-8-6-4-2-1-3-5-7-9-11/h6,8H,1-5,7,9H2. The van der Waals surface area contributed by atoms with Crippen molar-refractivity contribution in [2.75, 3.05) is 5.33 Å². The molecule has 0 spiro atoms. The molecule has 0 fully saturated rings. The minimum Gasteiger partial charge on any atom is -0.0928 e. The second-order valence-electron chi connectivity index (χ2n) is 2.61. The Kier molecular flexibility index (Phi) is 11.4. The van der Waals surface area contributed by atoms with E-state index in [0.717, 1.165) is 5.33 Å². The van der Waals surface area contributed by atoms with E-state index in [1.807, 2.05) is 4.99 Å². The molecule has 0 rings (SSSR count). The summed E-state index contributed by atoms with van der Waals surface area (Å²) in [6, 6.07) is 0. The van der Waals surface area contributed by atoms with E-state index in [-0.39, 0.29) is 0 Å². The van der Waals surface area contributed by atoms with E-state index in [2.05, 4.69) is 37.9 Å². The van der Waals surface area contributed by atoms with E-state index in [1.165, 1.54) is 38.5 Å². The van der Waals surface area contributed by atoms with Crippen molar-refractivity contribution in [2.45, 2.75) is 38.5 Å². The van der Waals surface area contributed by atoms with Gasteiger partial charge in [0.05, 0.1) is 0 Å². The number of halogens is 2. The zero-order valence-corrected chi connectivity index (χ0v) is 10.0. The first kappa shape index (κ1) is 11.7. The Balaban J connectivity index is 2.79. The van der Waals surface area contributed by atoms with Crippen LogP contribution < -0.4 is 0 Å². The van der Waals surface area contributed by atoms with Crippen LogP contribution in [0, 0.1) is 0 Å². The maximum atomic E-state index is 3.43. The molecule has 11 heavy (non-hydrogen) atoms. The number of unbranched alkanes of at least 4 members (excludes halogenated alkanes) is 5. The van der Waals surface area contributed by atoms with Gasteiger partial charge in [-0.2, -0.15) is 0 Å². The molecular weight excluding hydrogens is 268 g/mol. The molecule has 0 radical (unpaired) electrons. The van der Waals surface area contributed by atoms with Gasteiger partial charge in [0, 0.05) is 5.33 Å². The second kappa shape index (κ2) is 10.7. The molecule has 0 aliphatic rings. The molecule has 0 bridgehead atoms. The highest BCUT2D eigenvalue weighted by Gasteiger charge is 1.87. The molecule has 0 atom stereocenters. The monoisotopic (exact) mass is 282 g/mol. The highest BCUT2D eigenvalue weighted by Crippen LogP contribution is 2.07. The zero-order chi connectivity index (χ0) is 8.36. The first-order valence-electron chi connectivity index (χ1n) is 4.23. The van der Waals surface area contributed by atoms with E-state index in [1.54, 1.807) is 0 Å². The Morgan fingerprint density at radius 2 is 1.55 bits per heavy atom. The van der Waals surface area contributed by atoms with Crippen molar-refractivity contribution >= 4 is 31.9 Å². The first-order valence-corrected chi connectivity index (χ1v) is 6.26. The SMILES string of the molecule is BrC=CCCCCCCCBr. The number of hydrogen-bond acceptors (Lipinski definition) is 0. The fourth-order valence-electron chi connectivity index (χ4n) is 0.950. The van der Waals surface area contributed by atoms with Crippen LogP contribution in [-0.4, -0.2) is 5.33 Å². The molecule has 0 aromatic rings. The van der Waals surface area contributed by atoms with Crippen molar-refractivity contribution < 1.29 is 0 Å². The van der Waals surface area contributed by atoms with Crippen molar-refractivity contribution in [3.05, 3.63) is 11.1 Å². The van der Waals surface area contributed by atoms with E-state index < -0.39 is 0 Å². The number of allylic oxidation sites excluding steroid dienone is 1. The van der Waals surface area contributed by atoms with Crippen molar-refractivity contribution in [2.24, 2.45) is 0 Å². The average Bonchev–Trinajstić information content (AvgIpc) is 2.03. The fraction of sp³-hybridized carbons (Fsp3) is 0.778. The third-order valence-corrected chi connectivity index (χ3v) is 2.53. The van der Waals surface area contributed by atoms with Crippen molar-refractivity contribution in [1.82, 2.24) is 0 Å². The molecule has 0 N–H and O–H groups in total. The van der Waals surface area contributed by atoms with Crippen LogP contribution in [0.2, 0.25) is 0 Å². The smallest absolute Gasteiger partial charge is 0.00313 e. The van der Waals surface area contributed by atoms with Gasteiger partial charge in [0.25, 0.3) is 0 Å². The fourth-order valence-corrected chi connectivity index (χ4v) is 1.61. The van der Waals surface area contributed by atoms with Crippen LogP contribution in [0.1, 0.15) is 38.5 Å². The summed E-state index contributed by atoms with van der Waals surface area (Å²) in [6.45, 7) is 0. The van der Waals surface area contributed by atoms with Gasteiger partial charge < -0.3 is 0 Å². The maximum absolute atomic E-state index is 3.43. The van der Waals surface area contributed by atoms with Gasteiger partial charge >= 0.3 is 0 Å². The lowest BCUT2D eigenvalue weighted by Crippen LogP contribution is -1.78. The van der Waals surface area contributed by atoms with E-state index >= 15 is 0 Å². The molecule has 2 heteroatoms. The Morgan fingerprint density at radius 1 is 0.909 bits per heavy atom. The van der Waals surface area contributed by atoms with Gasteiger partial charge in [-0.1, -0.05) is 57.2 Å². The van der Waals surface area contributed by atoms with E-state index in [9.17, 15) is 0 Å². The van der Waals surface area contributed by atoms with Gasteiger partial charge in [-0.3, -0.25) is 0 Å². The topological polar surface area (TPSA) is 0 Å². The largest absolute Gasteiger partial charge is 0.0928 e. The number of rotatable bonds is 7. The van der Waals surface area contributed by atoms with Crippen LogP contribution in [0.15, 0.2) is 11.1 Å². The minimum absolute atomic E-state index is 1.16. The second-order valence-corrected chi connectivity index (χ2v) is 3.93. The third kappa shape index (κ3) is 10.7. The summed E-state index contributed by atoms with van der Waals surface area (Å²) < 4.78 is 0. The third-order valence-electron chi connectivity index (χ3n) is 1.59. The molecule has 0 nitrogen and oxygen atoms in total. The van der Waals surface area contributed by atoms with Crippen LogP contribution in [0.4, 0.5) is 0 Å². The average molecular weight is 284 g/mol. The summed E-state index contributed by atoms with van der Waals surface area (Å²) in [5.41, 5.74) is 0. The van der Waals surface area contributed by atoms with Crippen LogP contribution in [0.5, 0.6) is 0 Å². The summed E-state index contributed by atoms with van der Waals surface area (Å²) in [5.74, 6) is 0. The van der Waals surface area contributed by atoms with Crippen LogP contribution in [0.3, 0.4) is 0 Å². The lowest BCUT2D eigenvalue weighted by Gasteiger charge is -1.96. The molecule has 0 unspecified atom stereocenters. The van der Waals surface area contributed by atoms with Gasteiger partial charge in [0.15, 0.2) is 0 Å². The Labute approximate surface area is 86.7 Å². The molecule has 0 aromatic heterocycles. The number of alkyl halides is 1. The van der Waals surface area contributed by atoms with E-state index in [4.69, 9.17) is 0 Å². The maximum Gasteiger partial charge on any atom is 0.00313 e. The normalized spacial score (nSPS) is 11.1. The van der Waals surface area contributed by atoms with Crippen LogP contribution in [0.25, 0.3) is 0 Å². The zero-order valence-electron chi connectivity index (χ0n) is 6.86. The molecule has 0 aliphatic heterocycles. The highest BCUT2D eigenvalue weighted by atomic mass is 79.9. The van der Waals surface area contributed by atoms with Crippen molar-refractivity contribution in [1.29, 1.82) is 0 Å². The van der Waals surface area contributed by atoms with Gasteiger partial charge in [0.2, 0.25) is 0 Å². The van der Waals surface area contributed by atoms with Gasteiger partial charge in [-0.25, -0.2) is 0 Å². The Bertz CT molecular complexity index is 89.6. The predicted molar refractivity (Wildman–Crippen MR) is 59.6 cm³/mol. The molecule has 0 saturated heterocycles. The Morgan fingerprint density at radius 3 is 2.18 bits per heavy atom. The predicted octanol–water partition coefficient (Wildman–Crippen LogP) is 4.63. The lowest BCUT2D eigenvalue weighted by atomic mass is 10.1. The molecule has 66 valence electrons. The molecule has 0 amide bonds.